The molecule has 3 N–H and O–H groups in total. The summed E-state index contributed by atoms with van der Waals surface area (Å²) in [5, 5.41) is 0. The van der Waals surface area contributed by atoms with Crippen LogP contribution in [0.15, 0.2) is 18.2 Å². The van der Waals surface area contributed by atoms with Gasteiger partial charge in [-0.05, 0) is 24.6 Å². The molecule has 7 heteroatoms. The van der Waals surface area contributed by atoms with Gasteiger partial charge in [-0.2, -0.15) is 8.78 Å². The van der Waals surface area contributed by atoms with Gasteiger partial charge in [-0.1, -0.05) is 17.9 Å². The van der Waals surface area contributed by atoms with Gasteiger partial charge in [0.2, 0.25) is 0 Å². The number of aryl methyl sites for hydroxylation is 1. The molecule has 0 aliphatic rings. The number of rotatable bonds is 3. The van der Waals surface area contributed by atoms with Gasteiger partial charge in [0.15, 0.2) is 0 Å². The Morgan fingerprint density at radius 2 is 2.11 bits per heavy atom. The minimum absolute atomic E-state index is 0.0243. The van der Waals surface area contributed by atoms with Gasteiger partial charge in [0, 0.05) is 5.56 Å². The second-order valence-corrected chi connectivity index (χ2v) is 5.11. The number of alkyl halides is 2. The number of halogens is 2. The van der Waals surface area contributed by atoms with Crippen LogP contribution >= 0.6 is 0 Å². The first kappa shape index (κ1) is 14.4. The summed E-state index contributed by atoms with van der Waals surface area (Å²) in [5.74, 6) is 1.66. The van der Waals surface area contributed by atoms with Gasteiger partial charge in [0.25, 0.3) is 10.0 Å². The number of hydrogen-bond acceptors (Lipinski definition) is 3. The highest BCUT2D eigenvalue weighted by molar-refractivity contribution is 7.93. The fourth-order valence-electron chi connectivity index (χ4n) is 1.20. The number of nitrogens with two attached hydrogens (primary N) is 1. The molecule has 0 aliphatic heterocycles. The van der Waals surface area contributed by atoms with E-state index in [-0.39, 0.29) is 12.2 Å². The molecule has 0 saturated heterocycles. The van der Waals surface area contributed by atoms with Gasteiger partial charge < -0.3 is 5.73 Å². The van der Waals surface area contributed by atoms with E-state index in [1.165, 1.54) is 6.07 Å². The molecule has 1 aromatic carbocycles. The highest BCUT2D eigenvalue weighted by Crippen LogP contribution is 2.20. The molecule has 0 unspecified atom stereocenters. The number of anilines is 1. The highest BCUT2D eigenvalue weighted by atomic mass is 32.2. The van der Waals surface area contributed by atoms with Crippen LogP contribution in [-0.2, 0) is 10.0 Å². The number of nitrogens with one attached hydrogen (secondary N) is 1. The van der Waals surface area contributed by atoms with E-state index in [9.17, 15) is 17.2 Å². The van der Waals surface area contributed by atoms with Crippen molar-refractivity contribution in [3.05, 3.63) is 29.3 Å². The lowest BCUT2D eigenvalue weighted by atomic mass is 10.1. The Bertz CT molecular complexity index is 589. The van der Waals surface area contributed by atoms with Crippen molar-refractivity contribution < 1.29 is 17.2 Å². The average Bonchev–Trinajstić information content (AvgIpc) is 2.27. The molecule has 0 spiro atoms. The molecule has 0 radical (unpaired) electrons. The molecule has 0 saturated carbocycles. The van der Waals surface area contributed by atoms with Crippen molar-refractivity contribution in [3.8, 4) is 11.8 Å². The predicted molar refractivity (Wildman–Crippen MR) is 65.7 cm³/mol. The van der Waals surface area contributed by atoms with Gasteiger partial charge >= 0.3 is 5.76 Å². The zero-order valence-electron chi connectivity index (χ0n) is 9.57. The lowest BCUT2D eigenvalue weighted by Crippen LogP contribution is -2.21. The van der Waals surface area contributed by atoms with E-state index in [1.54, 1.807) is 19.1 Å². The molecule has 0 bridgehead atoms. The molecule has 98 valence electrons. The van der Waals surface area contributed by atoms with Crippen LogP contribution in [0.2, 0.25) is 0 Å². The minimum Gasteiger partial charge on any atom is -0.320 e. The van der Waals surface area contributed by atoms with Crippen molar-refractivity contribution in [2.24, 2.45) is 5.73 Å². The third kappa shape index (κ3) is 3.68. The van der Waals surface area contributed by atoms with E-state index in [1.807, 2.05) is 4.72 Å². The van der Waals surface area contributed by atoms with Crippen LogP contribution < -0.4 is 10.5 Å². The molecule has 0 aromatic heterocycles. The zero-order valence-corrected chi connectivity index (χ0v) is 10.4. The molecule has 0 atom stereocenters. The molecule has 1 rings (SSSR count). The largest absolute Gasteiger partial charge is 0.355 e. The van der Waals surface area contributed by atoms with Crippen LogP contribution in [-0.4, -0.2) is 20.7 Å². The average molecular weight is 274 g/mol. The van der Waals surface area contributed by atoms with E-state index in [0.29, 0.717) is 5.56 Å². The Morgan fingerprint density at radius 3 is 2.67 bits per heavy atom. The second-order valence-electron chi connectivity index (χ2n) is 3.46. The SMILES string of the molecule is Cc1ccc(C#CCN)c(NS(=O)(=O)C(F)F)c1. The van der Waals surface area contributed by atoms with Gasteiger partial charge in [-0.3, -0.25) is 4.72 Å². The van der Waals surface area contributed by atoms with Gasteiger partial charge in [-0.25, -0.2) is 8.42 Å². The minimum atomic E-state index is -4.70. The predicted octanol–water partition coefficient (Wildman–Crippen LogP) is 1.27. The fourth-order valence-corrected chi connectivity index (χ4v) is 1.76. The lowest BCUT2D eigenvalue weighted by Gasteiger charge is -2.09. The normalized spacial score (nSPS) is 10.9. The summed E-state index contributed by atoms with van der Waals surface area (Å²) in [7, 11) is -4.70. The smallest absolute Gasteiger partial charge is 0.320 e. The molecule has 1 aromatic rings. The van der Waals surface area contributed by atoms with Crippen LogP contribution in [0, 0.1) is 18.8 Å². The maximum Gasteiger partial charge on any atom is 0.355 e. The van der Waals surface area contributed by atoms with Crippen LogP contribution in [0.5, 0.6) is 0 Å². The Kier molecular flexibility index (Phi) is 4.64. The third-order valence-corrected chi connectivity index (χ3v) is 2.96. The molecular weight excluding hydrogens is 262 g/mol. The first-order chi connectivity index (χ1) is 8.36. The van der Waals surface area contributed by atoms with E-state index >= 15 is 0 Å². The van der Waals surface area contributed by atoms with E-state index in [0.717, 1.165) is 5.56 Å². The summed E-state index contributed by atoms with van der Waals surface area (Å²) in [6.45, 7) is 1.80. The molecule has 0 fully saturated rings. The van der Waals surface area contributed by atoms with E-state index in [2.05, 4.69) is 11.8 Å². The van der Waals surface area contributed by atoms with Crippen molar-refractivity contribution in [2.45, 2.75) is 12.7 Å². The summed E-state index contributed by atoms with van der Waals surface area (Å²) in [5.41, 5.74) is 6.25. The quantitative estimate of drug-likeness (QED) is 0.815. The number of hydrogen-bond donors (Lipinski definition) is 2. The summed E-state index contributed by atoms with van der Waals surface area (Å²) < 4.78 is 48.6. The number of benzene rings is 1. The van der Waals surface area contributed by atoms with Crippen molar-refractivity contribution in [2.75, 3.05) is 11.3 Å². The van der Waals surface area contributed by atoms with Crippen molar-refractivity contribution in [1.82, 2.24) is 0 Å². The molecule has 4 nitrogen and oxygen atoms in total. The second kappa shape index (κ2) is 5.80. The lowest BCUT2D eigenvalue weighted by molar-refractivity contribution is 0.236. The Balaban J connectivity index is 3.18. The van der Waals surface area contributed by atoms with Crippen molar-refractivity contribution >= 4 is 15.7 Å². The van der Waals surface area contributed by atoms with Crippen molar-refractivity contribution in [1.29, 1.82) is 0 Å². The first-order valence-corrected chi connectivity index (χ1v) is 6.51. The topological polar surface area (TPSA) is 72.2 Å². The molecule has 18 heavy (non-hydrogen) atoms. The third-order valence-electron chi connectivity index (χ3n) is 1.99. The van der Waals surface area contributed by atoms with E-state index in [4.69, 9.17) is 5.73 Å². The monoisotopic (exact) mass is 274 g/mol. The maximum atomic E-state index is 12.3. The highest BCUT2D eigenvalue weighted by Gasteiger charge is 2.24. The summed E-state index contributed by atoms with van der Waals surface area (Å²) in [6.07, 6.45) is 0. The molecule has 0 heterocycles. The Morgan fingerprint density at radius 1 is 1.44 bits per heavy atom. The molecular formula is C11H12F2N2O2S. The van der Waals surface area contributed by atoms with Crippen LogP contribution in [0.25, 0.3) is 0 Å². The molecule has 0 aliphatic carbocycles. The Labute approximate surface area is 104 Å². The fraction of sp³-hybridized carbons (Fsp3) is 0.273. The summed E-state index contributed by atoms with van der Waals surface area (Å²) in [6, 6.07) is 4.67. The zero-order chi connectivity index (χ0) is 13.8. The van der Waals surface area contributed by atoms with E-state index < -0.39 is 15.8 Å². The standard InChI is InChI=1S/C11H12F2N2O2S/c1-8-4-5-9(3-2-6-14)10(7-8)15-18(16,17)11(12)13/h4-5,7,11,15H,6,14H2,1H3. The van der Waals surface area contributed by atoms with Crippen LogP contribution in [0.3, 0.4) is 0 Å². The molecule has 0 amide bonds. The number of sulfonamides is 1. The van der Waals surface area contributed by atoms with Gasteiger partial charge in [-0.15, -0.1) is 0 Å². The van der Waals surface area contributed by atoms with Crippen LogP contribution in [0.1, 0.15) is 11.1 Å². The summed E-state index contributed by atoms with van der Waals surface area (Å²) >= 11 is 0. The van der Waals surface area contributed by atoms with Gasteiger partial charge in [0.05, 0.1) is 12.2 Å². The van der Waals surface area contributed by atoms with Crippen molar-refractivity contribution in [3.63, 3.8) is 0 Å². The van der Waals surface area contributed by atoms with Crippen LogP contribution in [0.4, 0.5) is 14.5 Å². The Hall–Kier alpha value is -1.65. The van der Waals surface area contributed by atoms with Gasteiger partial charge in [0.1, 0.15) is 0 Å². The first-order valence-electron chi connectivity index (χ1n) is 4.96. The maximum absolute atomic E-state index is 12.3. The summed E-state index contributed by atoms with van der Waals surface area (Å²) in [4.78, 5) is 0.